The summed E-state index contributed by atoms with van der Waals surface area (Å²) in [6.07, 6.45) is 1.68. The third-order valence-corrected chi connectivity index (χ3v) is 3.28. The largest absolute Gasteiger partial charge is 0.444 e. The van der Waals surface area contributed by atoms with Crippen LogP contribution in [0.3, 0.4) is 0 Å². The summed E-state index contributed by atoms with van der Waals surface area (Å²) in [5.41, 5.74) is 1.85. The van der Waals surface area contributed by atoms with E-state index < -0.39 is 0 Å². The minimum atomic E-state index is 0.633. The van der Waals surface area contributed by atoms with Crippen molar-refractivity contribution in [3.8, 4) is 11.5 Å². The number of nitrogens with one attached hydrogen (secondary N) is 1. The number of hydrogen-bond donors (Lipinski definition) is 1. The van der Waals surface area contributed by atoms with Gasteiger partial charge in [-0.15, -0.1) is 0 Å². The molecule has 0 saturated carbocycles. The molecule has 5 heteroatoms. The second-order valence-electron chi connectivity index (χ2n) is 4.00. The molecule has 0 aliphatic heterocycles. The summed E-state index contributed by atoms with van der Waals surface area (Å²) < 4.78 is 11.7. The standard InChI is InChI=1S/C14H17BrN2O2/c1-2-18-8-7-16-9-11-10-19-14(17-11)12-5-3-4-6-13(12)15/h3-6,10,16H,2,7-9H2,1H3. The van der Waals surface area contributed by atoms with Crippen LogP contribution < -0.4 is 5.32 Å². The lowest BCUT2D eigenvalue weighted by molar-refractivity contribution is 0.149. The van der Waals surface area contributed by atoms with Crippen LogP contribution in [-0.4, -0.2) is 24.7 Å². The van der Waals surface area contributed by atoms with Crippen molar-refractivity contribution in [2.24, 2.45) is 0 Å². The van der Waals surface area contributed by atoms with Crippen LogP contribution >= 0.6 is 15.9 Å². The number of ether oxygens (including phenoxy) is 1. The SMILES string of the molecule is CCOCCNCc1coc(-c2ccccc2Br)n1. The van der Waals surface area contributed by atoms with Gasteiger partial charge in [-0.25, -0.2) is 4.98 Å². The van der Waals surface area contributed by atoms with Gasteiger partial charge in [-0.2, -0.15) is 0 Å². The van der Waals surface area contributed by atoms with Crippen LogP contribution in [0.5, 0.6) is 0 Å². The van der Waals surface area contributed by atoms with Crippen molar-refractivity contribution < 1.29 is 9.15 Å². The van der Waals surface area contributed by atoms with Gasteiger partial charge in [-0.1, -0.05) is 12.1 Å². The van der Waals surface area contributed by atoms with Crippen molar-refractivity contribution in [1.29, 1.82) is 0 Å². The molecule has 0 fully saturated rings. The van der Waals surface area contributed by atoms with Gasteiger partial charge in [-0.05, 0) is 35.0 Å². The zero-order valence-electron chi connectivity index (χ0n) is 10.9. The Bertz CT molecular complexity index is 514. The predicted molar refractivity (Wildman–Crippen MR) is 77.8 cm³/mol. The van der Waals surface area contributed by atoms with Gasteiger partial charge in [0.2, 0.25) is 5.89 Å². The molecule has 0 amide bonds. The van der Waals surface area contributed by atoms with Gasteiger partial charge >= 0.3 is 0 Å². The summed E-state index contributed by atoms with van der Waals surface area (Å²) in [4.78, 5) is 4.46. The smallest absolute Gasteiger partial charge is 0.227 e. The zero-order valence-corrected chi connectivity index (χ0v) is 12.4. The maximum Gasteiger partial charge on any atom is 0.227 e. The fourth-order valence-electron chi connectivity index (χ4n) is 1.65. The molecule has 0 aliphatic carbocycles. The van der Waals surface area contributed by atoms with Crippen molar-refractivity contribution in [3.05, 3.63) is 40.7 Å². The number of aromatic nitrogens is 1. The van der Waals surface area contributed by atoms with Crippen molar-refractivity contribution in [2.75, 3.05) is 19.8 Å². The van der Waals surface area contributed by atoms with Gasteiger partial charge in [0.15, 0.2) is 0 Å². The second-order valence-corrected chi connectivity index (χ2v) is 4.85. The highest BCUT2D eigenvalue weighted by Gasteiger charge is 2.09. The average Bonchev–Trinajstić information content (AvgIpc) is 2.88. The molecular weight excluding hydrogens is 308 g/mol. The Morgan fingerprint density at radius 1 is 1.37 bits per heavy atom. The quantitative estimate of drug-likeness (QED) is 0.794. The molecule has 1 heterocycles. The van der Waals surface area contributed by atoms with Gasteiger partial charge in [-0.3, -0.25) is 0 Å². The van der Waals surface area contributed by atoms with Crippen LogP contribution in [-0.2, 0) is 11.3 Å². The first kappa shape index (κ1) is 14.2. The Morgan fingerprint density at radius 2 is 2.21 bits per heavy atom. The number of oxazole rings is 1. The first-order valence-electron chi connectivity index (χ1n) is 6.29. The van der Waals surface area contributed by atoms with Crippen LogP contribution in [0.2, 0.25) is 0 Å². The van der Waals surface area contributed by atoms with Crippen LogP contribution in [0.4, 0.5) is 0 Å². The van der Waals surface area contributed by atoms with E-state index in [1.54, 1.807) is 6.26 Å². The summed E-state index contributed by atoms with van der Waals surface area (Å²) in [5, 5.41) is 3.26. The minimum absolute atomic E-state index is 0.633. The predicted octanol–water partition coefficient (Wildman–Crippen LogP) is 3.23. The van der Waals surface area contributed by atoms with E-state index in [9.17, 15) is 0 Å². The lowest BCUT2D eigenvalue weighted by Gasteiger charge is -2.01. The topological polar surface area (TPSA) is 47.3 Å². The number of nitrogens with zero attached hydrogens (tertiary/aromatic N) is 1. The summed E-state index contributed by atoms with van der Waals surface area (Å²) >= 11 is 3.49. The van der Waals surface area contributed by atoms with E-state index in [4.69, 9.17) is 9.15 Å². The normalized spacial score (nSPS) is 10.8. The van der Waals surface area contributed by atoms with E-state index in [0.717, 1.165) is 28.9 Å². The molecule has 1 aromatic carbocycles. The molecule has 19 heavy (non-hydrogen) atoms. The van der Waals surface area contributed by atoms with Crippen LogP contribution in [0, 0.1) is 0 Å². The minimum Gasteiger partial charge on any atom is -0.444 e. The summed E-state index contributed by atoms with van der Waals surface area (Å²) in [7, 11) is 0. The van der Waals surface area contributed by atoms with Gasteiger partial charge in [0.25, 0.3) is 0 Å². The molecule has 0 spiro atoms. The van der Waals surface area contributed by atoms with Crippen molar-refractivity contribution in [1.82, 2.24) is 10.3 Å². The lowest BCUT2D eigenvalue weighted by Crippen LogP contribution is -2.19. The summed E-state index contributed by atoms with van der Waals surface area (Å²) in [6, 6.07) is 7.87. The van der Waals surface area contributed by atoms with Crippen molar-refractivity contribution in [3.63, 3.8) is 0 Å². The summed E-state index contributed by atoms with van der Waals surface area (Å²) in [6.45, 7) is 4.94. The number of rotatable bonds is 7. The van der Waals surface area contributed by atoms with Gasteiger partial charge < -0.3 is 14.5 Å². The molecule has 1 N–H and O–H groups in total. The summed E-state index contributed by atoms with van der Waals surface area (Å²) in [5.74, 6) is 0.633. The number of benzene rings is 1. The highest BCUT2D eigenvalue weighted by atomic mass is 79.9. The molecule has 0 aliphatic rings. The first-order valence-corrected chi connectivity index (χ1v) is 7.08. The van der Waals surface area contributed by atoms with Crippen LogP contribution in [0.25, 0.3) is 11.5 Å². The molecular formula is C14H17BrN2O2. The van der Waals surface area contributed by atoms with Crippen molar-refractivity contribution in [2.45, 2.75) is 13.5 Å². The zero-order chi connectivity index (χ0) is 13.5. The fraction of sp³-hybridized carbons (Fsp3) is 0.357. The molecule has 0 unspecified atom stereocenters. The van der Waals surface area contributed by atoms with E-state index in [-0.39, 0.29) is 0 Å². The molecule has 102 valence electrons. The Balaban J connectivity index is 1.91. The van der Waals surface area contributed by atoms with Crippen molar-refractivity contribution >= 4 is 15.9 Å². The Hall–Kier alpha value is -1.17. The van der Waals surface area contributed by atoms with E-state index in [2.05, 4.69) is 26.2 Å². The Labute approximate surface area is 121 Å². The van der Waals surface area contributed by atoms with E-state index in [1.165, 1.54) is 0 Å². The number of hydrogen-bond acceptors (Lipinski definition) is 4. The average molecular weight is 325 g/mol. The molecule has 0 atom stereocenters. The molecule has 1 aromatic heterocycles. The third kappa shape index (κ3) is 4.16. The number of halogens is 1. The maximum atomic E-state index is 5.50. The molecule has 2 aromatic rings. The molecule has 4 nitrogen and oxygen atoms in total. The molecule has 0 saturated heterocycles. The van der Waals surface area contributed by atoms with Gasteiger partial charge in [0.05, 0.1) is 17.9 Å². The highest BCUT2D eigenvalue weighted by Crippen LogP contribution is 2.26. The molecule has 0 bridgehead atoms. The molecule has 0 radical (unpaired) electrons. The second kappa shape index (κ2) is 7.43. The fourth-order valence-corrected chi connectivity index (χ4v) is 2.11. The van der Waals surface area contributed by atoms with E-state index >= 15 is 0 Å². The van der Waals surface area contributed by atoms with Gasteiger partial charge in [0, 0.05) is 24.2 Å². The Morgan fingerprint density at radius 3 is 3.00 bits per heavy atom. The monoisotopic (exact) mass is 324 g/mol. The lowest BCUT2D eigenvalue weighted by atomic mass is 10.2. The van der Waals surface area contributed by atoms with Crippen LogP contribution in [0.1, 0.15) is 12.6 Å². The first-order chi connectivity index (χ1) is 9.31. The molecule has 2 rings (SSSR count). The highest BCUT2D eigenvalue weighted by molar-refractivity contribution is 9.10. The Kier molecular flexibility index (Phi) is 5.57. The van der Waals surface area contributed by atoms with E-state index in [0.29, 0.717) is 19.0 Å². The van der Waals surface area contributed by atoms with Gasteiger partial charge in [0.1, 0.15) is 6.26 Å². The van der Waals surface area contributed by atoms with E-state index in [1.807, 2.05) is 31.2 Å². The van der Waals surface area contributed by atoms with Crippen LogP contribution in [0.15, 0.2) is 39.4 Å². The third-order valence-electron chi connectivity index (χ3n) is 2.59. The maximum absolute atomic E-state index is 5.50.